The van der Waals surface area contributed by atoms with E-state index in [2.05, 4.69) is 168 Å². The Morgan fingerprint density at radius 2 is 0.857 bits per heavy atom. The molecule has 4 nitrogen and oxygen atoms in total. The number of para-hydroxylation sites is 2. The van der Waals surface area contributed by atoms with Crippen LogP contribution in [-0.2, 0) is 0 Å². The highest BCUT2D eigenvalue weighted by atomic mass is 32.1. The summed E-state index contributed by atoms with van der Waals surface area (Å²) in [5, 5.41) is 4.93. The highest BCUT2D eigenvalue weighted by Gasteiger charge is 2.18. The van der Waals surface area contributed by atoms with Crippen molar-refractivity contribution in [2.75, 3.05) is 0 Å². The Kier molecular flexibility index (Phi) is 7.64. The van der Waals surface area contributed by atoms with Crippen molar-refractivity contribution in [2.45, 2.75) is 0 Å². The number of thiophene rings is 1. The van der Waals surface area contributed by atoms with Crippen LogP contribution in [0.1, 0.15) is 0 Å². The van der Waals surface area contributed by atoms with Gasteiger partial charge >= 0.3 is 0 Å². The highest BCUT2D eigenvalue weighted by Crippen LogP contribution is 2.42. The van der Waals surface area contributed by atoms with E-state index in [4.69, 9.17) is 15.0 Å². The summed E-state index contributed by atoms with van der Waals surface area (Å²) in [6.07, 6.45) is 0. The molecule has 0 aliphatic carbocycles. The molecule has 0 aliphatic heterocycles. The summed E-state index contributed by atoms with van der Waals surface area (Å²) in [4.78, 5) is 15.2. The molecule has 0 saturated heterocycles. The van der Waals surface area contributed by atoms with Gasteiger partial charge in [0.05, 0.1) is 11.0 Å². The Balaban J connectivity index is 0.985. The van der Waals surface area contributed by atoms with E-state index in [1.807, 2.05) is 41.7 Å². The molecule has 0 amide bonds. The van der Waals surface area contributed by atoms with Crippen LogP contribution >= 0.6 is 11.3 Å². The Hall–Kier alpha value is -7.21. The lowest BCUT2D eigenvalue weighted by Crippen LogP contribution is -2.06. The standard InChI is InChI=1S/C51H32N4S/c1-3-13-33(14-4-1)38-29-30-43-47(32-38)56-46-24-12-21-40(48(43)46)39-18-11-17-37(31-39)34-25-27-36(28-26-34)50-52-49(35-15-5-2-6-16-35)53-51(54-50)55-44-22-9-7-19-41(44)42-20-8-10-23-45(42)55/h1-32H. The van der Waals surface area contributed by atoms with Crippen LogP contribution in [0.25, 0.3) is 104 Å². The van der Waals surface area contributed by atoms with Crippen LogP contribution in [-0.4, -0.2) is 19.5 Å². The summed E-state index contributed by atoms with van der Waals surface area (Å²) in [7, 11) is 0. The number of benzene rings is 8. The Bertz CT molecular complexity index is 3180. The minimum absolute atomic E-state index is 0.592. The minimum Gasteiger partial charge on any atom is -0.278 e. The third-order valence-corrected chi connectivity index (χ3v) is 11.8. The first kappa shape index (κ1) is 32.2. The zero-order chi connectivity index (χ0) is 37.0. The summed E-state index contributed by atoms with van der Waals surface area (Å²) in [6.45, 7) is 0. The topological polar surface area (TPSA) is 43.6 Å². The average molecular weight is 733 g/mol. The molecular formula is C51H32N4S. The summed E-state index contributed by atoms with van der Waals surface area (Å²) >= 11 is 1.86. The lowest BCUT2D eigenvalue weighted by atomic mass is 9.95. The number of hydrogen-bond acceptors (Lipinski definition) is 4. The molecule has 3 heterocycles. The van der Waals surface area contributed by atoms with Gasteiger partial charge in [0.15, 0.2) is 11.6 Å². The van der Waals surface area contributed by atoms with Crippen molar-refractivity contribution in [1.82, 2.24) is 19.5 Å². The van der Waals surface area contributed by atoms with E-state index in [0.717, 1.165) is 33.3 Å². The third kappa shape index (κ3) is 5.48. The van der Waals surface area contributed by atoms with Gasteiger partial charge in [0.1, 0.15) is 0 Å². The summed E-state index contributed by atoms with van der Waals surface area (Å²) in [5.74, 6) is 1.85. The molecule has 0 aliphatic rings. The van der Waals surface area contributed by atoms with Crippen molar-refractivity contribution < 1.29 is 0 Å². The van der Waals surface area contributed by atoms with Crippen molar-refractivity contribution in [1.29, 1.82) is 0 Å². The predicted octanol–water partition coefficient (Wildman–Crippen LogP) is 13.7. The SMILES string of the molecule is c1ccc(-c2ccc3c(c2)sc2cccc(-c4cccc(-c5ccc(-c6nc(-c7ccccc7)nc(-n7c8ccccc8c8ccccc87)n6)cc5)c4)c23)cc1. The van der Waals surface area contributed by atoms with Crippen LogP contribution in [0.3, 0.4) is 0 Å². The Morgan fingerprint density at radius 3 is 1.57 bits per heavy atom. The van der Waals surface area contributed by atoms with Gasteiger partial charge in [0.25, 0.3) is 0 Å². The van der Waals surface area contributed by atoms with Crippen molar-refractivity contribution in [3.05, 3.63) is 194 Å². The molecule has 11 aromatic rings. The number of fused-ring (bicyclic) bond motifs is 6. The molecule has 3 aromatic heterocycles. The van der Waals surface area contributed by atoms with E-state index >= 15 is 0 Å². The van der Waals surface area contributed by atoms with Crippen LogP contribution in [0.15, 0.2) is 194 Å². The molecule has 0 N–H and O–H groups in total. The van der Waals surface area contributed by atoms with Gasteiger partial charge in [-0.15, -0.1) is 11.3 Å². The monoisotopic (exact) mass is 732 g/mol. The Morgan fingerprint density at radius 1 is 0.339 bits per heavy atom. The average Bonchev–Trinajstić information content (AvgIpc) is 3.83. The predicted molar refractivity (Wildman–Crippen MR) is 234 cm³/mol. The van der Waals surface area contributed by atoms with E-state index < -0.39 is 0 Å². The fourth-order valence-corrected chi connectivity index (χ4v) is 9.17. The van der Waals surface area contributed by atoms with Crippen LogP contribution < -0.4 is 0 Å². The molecule has 262 valence electrons. The fraction of sp³-hybridized carbons (Fsp3) is 0. The maximum atomic E-state index is 5.14. The molecule has 0 saturated carbocycles. The van der Waals surface area contributed by atoms with Gasteiger partial charge in [0.2, 0.25) is 5.95 Å². The van der Waals surface area contributed by atoms with Gasteiger partial charge in [-0.1, -0.05) is 164 Å². The zero-order valence-electron chi connectivity index (χ0n) is 30.2. The van der Waals surface area contributed by atoms with Gasteiger partial charge in [0, 0.05) is 42.1 Å². The smallest absolute Gasteiger partial charge is 0.238 e. The first-order valence-electron chi connectivity index (χ1n) is 18.8. The summed E-state index contributed by atoms with van der Waals surface area (Å²) in [6, 6.07) is 68.7. The van der Waals surface area contributed by atoms with Crippen LogP contribution in [0, 0.1) is 0 Å². The second kappa shape index (κ2) is 13.3. The van der Waals surface area contributed by atoms with Crippen molar-refractivity contribution in [2.24, 2.45) is 0 Å². The fourth-order valence-electron chi connectivity index (χ4n) is 8.00. The normalized spacial score (nSPS) is 11.6. The van der Waals surface area contributed by atoms with E-state index in [0.29, 0.717) is 17.6 Å². The van der Waals surface area contributed by atoms with Crippen molar-refractivity contribution >= 4 is 53.3 Å². The first-order valence-corrected chi connectivity index (χ1v) is 19.6. The van der Waals surface area contributed by atoms with Crippen LogP contribution in [0.2, 0.25) is 0 Å². The molecular weight excluding hydrogens is 701 g/mol. The van der Waals surface area contributed by atoms with Crippen LogP contribution in [0.4, 0.5) is 0 Å². The zero-order valence-corrected chi connectivity index (χ0v) is 31.0. The minimum atomic E-state index is 0.592. The van der Waals surface area contributed by atoms with Gasteiger partial charge in [-0.05, 0) is 63.7 Å². The second-order valence-corrected chi connectivity index (χ2v) is 15.1. The molecule has 0 radical (unpaired) electrons. The summed E-state index contributed by atoms with van der Waals surface area (Å²) < 4.78 is 4.75. The van der Waals surface area contributed by atoms with E-state index in [1.54, 1.807) is 0 Å². The van der Waals surface area contributed by atoms with Gasteiger partial charge in [-0.3, -0.25) is 4.57 Å². The lowest BCUT2D eigenvalue weighted by molar-refractivity contribution is 0.953. The second-order valence-electron chi connectivity index (χ2n) is 14.0. The number of rotatable bonds is 6. The van der Waals surface area contributed by atoms with E-state index in [-0.39, 0.29) is 0 Å². The third-order valence-electron chi connectivity index (χ3n) is 10.7. The molecule has 56 heavy (non-hydrogen) atoms. The highest BCUT2D eigenvalue weighted by molar-refractivity contribution is 7.26. The quantitative estimate of drug-likeness (QED) is 0.171. The van der Waals surface area contributed by atoms with E-state index in [9.17, 15) is 0 Å². The van der Waals surface area contributed by atoms with E-state index in [1.165, 1.54) is 53.2 Å². The molecule has 5 heteroatoms. The van der Waals surface area contributed by atoms with Crippen LogP contribution in [0.5, 0.6) is 0 Å². The molecule has 0 fully saturated rings. The maximum absolute atomic E-state index is 5.14. The van der Waals surface area contributed by atoms with Gasteiger partial charge < -0.3 is 0 Å². The first-order chi connectivity index (χ1) is 27.7. The van der Waals surface area contributed by atoms with Gasteiger partial charge in [-0.25, -0.2) is 4.98 Å². The molecule has 0 bridgehead atoms. The Labute approximate surface area is 327 Å². The molecule has 8 aromatic carbocycles. The summed E-state index contributed by atoms with van der Waals surface area (Å²) in [5.41, 5.74) is 11.2. The molecule has 11 rings (SSSR count). The number of hydrogen-bond donors (Lipinski definition) is 0. The molecule has 0 atom stereocenters. The van der Waals surface area contributed by atoms with Crippen molar-refractivity contribution in [3.63, 3.8) is 0 Å². The maximum Gasteiger partial charge on any atom is 0.238 e. The van der Waals surface area contributed by atoms with Gasteiger partial charge in [-0.2, -0.15) is 9.97 Å². The molecule has 0 spiro atoms. The lowest BCUT2D eigenvalue weighted by Gasteiger charge is -2.11. The largest absolute Gasteiger partial charge is 0.278 e. The number of aromatic nitrogens is 4. The number of nitrogens with zero attached hydrogens (tertiary/aromatic N) is 4. The molecule has 0 unspecified atom stereocenters. The van der Waals surface area contributed by atoms with Crippen molar-refractivity contribution in [3.8, 4) is 62.1 Å².